The lowest BCUT2D eigenvalue weighted by molar-refractivity contribution is 0.791. The minimum atomic E-state index is 0.111. The highest BCUT2D eigenvalue weighted by Crippen LogP contribution is 2.33. The molecule has 2 nitrogen and oxygen atoms in total. The number of benzene rings is 1. The number of hydrogen-bond donors (Lipinski definition) is 1. The van der Waals surface area contributed by atoms with Crippen molar-refractivity contribution >= 4 is 17.0 Å². The maximum atomic E-state index is 5.91. The van der Waals surface area contributed by atoms with Crippen LogP contribution in [0.15, 0.2) is 41.1 Å². The van der Waals surface area contributed by atoms with Gasteiger partial charge in [0.1, 0.15) is 0 Å². The van der Waals surface area contributed by atoms with Crippen molar-refractivity contribution in [2.45, 2.75) is 38.4 Å². The monoisotopic (exact) mass is 272 g/mol. The van der Waals surface area contributed by atoms with E-state index in [1.165, 1.54) is 29.7 Å². The Morgan fingerprint density at radius 1 is 1.26 bits per heavy atom. The quantitative estimate of drug-likeness (QED) is 0.893. The molecular formula is C16H20N2S. The van der Waals surface area contributed by atoms with Crippen LogP contribution in [0.4, 0.5) is 5.69 Å². The van der Waals surface area contributed by atoms with Crippen LogP contribution in [0.1, 0.15) is 36.9 Å². The SMILES string of the molecule is CC(N)c1ccc(N(Cc2ccsc2)C2CC2)cc1. The molecule has 0 aliphatic heterocycles. The van der Waals surface area contributed by atoms with Crippen molar-refractivity contribution < 1.29 is 0 Å². The Morgan fingerprint density at radius 3 is 2.53 bits per heavy atom. The predicted octanol–water partition coefficient (Wildman–Crippen LogP) is 3.94. The van der Waals surface area contributed by atoms with Gasteiger partial charge in [0.05, 0.1) is 0 Å². The third-order valence-corrected chi connectivity index (χ3v) is 4.40. The van der Waals surface area contributed by atoms with Crippen LogP contribution in [0, 0.1) is 0 Å². The molecule has 3 heteroatoms. The maximum absolute atomic E-state index is 5.91. The van der Waals surface area contributed by atoms with Crippen molar-refractivity contribution in [3.8, 4) is 0 Å². The van der Waals surface area contributed by atoms with E-state index in [0.717, 1.165) is 12.6 Å². The third-order valence-electron chi connectivity index (χ3n) is 3.67. The van der Waals surface area contributed by atoms with E-state index in [9.17, 15) is 0 Å². The fourth-order valence-corrected chi connectivity index (χ4v) is 3.03. The van der Waals surface area contributed by atoms with Gasteiger partial charge in [-0.1, -0.05) is 12.1 Å². The van der Waals surface area contributed by atoms with Gasteiger partial charge in [-0.3, -0.25) is 0 Å². The first-order chi connectivity index (χ1) is 9.24. The van der Waals surface area contributed by atoms with Crippen molar-refractivity contribution in [1.82, 2.24) is 0 Å². The van der Waals surface area contributed by atoms with Gasteiger partial charge in [0.25, 0.3) is 0 Å². The van der Waals surface area contributed by atoms with Crippen LogP contribution in [-0.4, -0.2) is 6.04 Å². The lowest BCUT2D eigenvalue weighted by Gasteiger charge is -2.24. The van der Waals surface area contributed by atoms with Crippen LogP contribution < -0.4 is 10.6 Å². The molecule has 1 unspecified atom stereocenters. The van der Waals surface area contributed by atoms with Crippen molar-refractivity contribution in [3.63, 3.8) is 0 Å². The standard InChI is InChI=1S/C16H20N2S/c1-12(17)14-2-4-15(5-3-14)18(16-6-7-16)10-13-8-9-19-11-13/h2-5,8-9,11-12,16H,6-7,10,17H2,1H3. The van der Waals surface area contributed by atoms with Crippen LogP contribution in [0.25, 0.3) is 0 Å². The van der Waals surface area contributed by atoms with Gasteiger partial charge in [-0.05, 0) is 59.9 Å². The highest BCUT2D eigenvalue weighted by atomic mass is 32.1. The van der Waals surface area contributed by atoms with Crippen LogP contribution in [0.5, 0.6) is 0 Å². The molecule has 1 saturated carbocycles. The highest BCUT2D eigenvalue weighted by Gasteiger charge is 2.29. The van der Waals surface area contributed by atoms with Crippen molar-refractivity contribution in [2.24, 2.45) is 5.73 Å². The number of nitrogens with zero attached hydrogens (tertiary/aromatic N) is 1. The number of nitrogens with two attached hydrogens (primary N) is 1. The summed E-state index contributed by atoms with van der Waals surface area (Å²) in [5, 5.41) is 4.39. The zero-order valence-electron chi connectivity index (χ0n) is 11.3. The van der Waals surface area contributed by atoms with Crippen LogP contribution >= 0.6 is 11.3 Å². The topological polar surface area (TPSA) is 29.3 Å². The highest BCUT2D eigenvalue weighted by molar-refractivity contribution is 7.07. The molecule has 1 aliphatic carbocycles. The second kappa shape index (κ2) is 5.35. The Kier molecular flexibility index (Phi) is 3.58. The summed E-state index contributed by atoms with van der Waals surface area (Å²) < 4.78 is 0. The molecule has 1 aromatic carbocycles. The molecule has 0 amide bonds. The van der Waals surface area contributed by atoms with E-state index in [2.05, 4.69) is 46.0 Å². The van der Waals surface area contributed by atoms with Crippen molar-refractivity contribution in [2.75, 3.05) is 4.90 Å². The van der Waals surface area contributed by atoms with E-state index in [0.29, 0.717) is 0 Å². The molecule has 1 fully saturated rings. The molecule has 2 aromatic rings. The van der Waals surface area contributed by atoms with Crippen molar-refractivity contribution in [1.29, 1.82) is 0 Å². The number of rotatable bonds is 5. The molecule has 1 atom stereocenters. The molecule has 2 N–H and O–H groups in total. The summed E-state index contributed by atoms with van der Waals surface area (Å²) in [5.74, 6) is 0. The molecule has 1 heterocycles. The largest absolute Gasteiger partial charge is 0.364 e. The van der Waals surface area contributed by atoms with E-state index in [1.807, 2.05) is 6.92 Å². The van der Waals surface area contributed by atoms with Gasteiger partial charge in [0, 0.05) is 24.3 Å². The van der Waals surface area contributed by atoms with Gasteiger partial charge in [-0.25, -0.2) is 0 Å². The van der Waals surface area contributed by atoms with Gasteiger partial charge in [-0.15, -0.1) is 0 Å². The van der Waals surface area contributed by atoms with Crippen LogP contribution in [0.2, 0.25) is 0 Å². The summed E-state index contributed by atoms with van der Waals surface area (Å²) in [5.41, 5.74) is 9.84. The Labute approximate surface area is 118 Å². The van der Waals surface area contributed by atoms with E-state index < -0.39 is 0 Å². The zero-order valence-corrected chi connectivity index (χ0v) is 12.1. The van der Waals surface area contributed by atoms with Gasteiger partial charge in [0.15, 0.2) is 0 Å². The first-order valence-corrected chi connectivity index (χ1v) is 7.81. The minimum Gasteiger partial charge on any atom is -0.364 e. The van der Waals surface area contributed by atoms with Crippen LogP contribution in [-0.2, 0) is 6.54 Å². The fraction of sp³-hybridized carbons (Fsp3) is 0.375. The van der Waals surface area contributed by atoms with Gasteiger partial charge >= 0.3 is 0 Å². The Hall–Kier alpha value is -1.32. The molecular weight excluding hydrogens is 252 g/mol. The molecule has 0 radical (unpaired) electrons. The lowest BCUT2D eigenvalue weighted by Crippen LogP contribution is -2.24. The number of thiophene rings is 1. The van der Waals surface area contributed by atoms with E-state index in [4.69, 9.17) is 5.73 Å². The van der Waals surface area contributed by atoms with Gasteiger partial charge in [-0.2, -0.15) is 11.3 Å². The predicted molar refractivity (Wildman–Crippen MR) is 82.6 cm³/mol. The van der Waals surface area contributed by atoms with E-state index >= 15 is 0 Å². The molecule has 0 saturated heterocycles. The Morgan fingerprint density at radius 2 is 2.00 bits per heavy atom. The molecule has 0 bridgehead atoms. The van der Waals surface area contributed by atoms with Crippen LogP contribution in [0.3, 0.4) is 0 Å². The first kappa shape index (κ1) is 12.7. The molecule has 1 aromatic heterocycles. The average molecular weight is 272 g/mol. The van der Waals surface area contributed by atoms with Gasteiger partial charge < -0.3 is 10.6 Å². The summed E-state index contributed by atoms with van der Waals surface area (Å²) in [6.07, 6.45) is 2.64. The normalized spacial score (nSPS) is 16.3. The second-order valence-corrected chi connectivity index (χ2v) is 6.15. The lowest BCUT2D eigenvalue weighted by atomic mass is 10.1. The zero-order chi connectivity index (χ0) is 13.2. The summed E-state index contributed by atoms with van der Waals surface area (Å²) in [4.78, 5) is 2.52. The molecule has 0 spiro atoms. The smallest absolute Gasteiger partial charge is 0.0440 e. The van der Waals surface area contributed by atoms with Crippen molar-refractivity contribution in [3.05, 3.63) is 52.2 Å². The first-order valence-electron chi connectivity index (χ1n) is 6.87. The Bertz CT molecular complexity index is 512. The summed E-state index contributed by atoms with van der Waals surface area (Å²) in [6.45, 7) is 3.05. The molecule has 100 valence electrons. The van der Waals surface area contributed by atoms with E-state index in [-0.39, 0.29) is 6.04 Å². The minimum absolute atomic E-state index is 0.111. The third kappa shape index (κ3) is 2.99. The maximum Gasteiger partial charge on any atom is 0.0440 e. The van der Waals surface area contributed by atoms with E-state index in [1.54, 1.807) is 11.3 Å². The number of hydrogen-bond acceptors (Lipinski definition) is 3. The van der Waals surface area contributed by atoms with Gasteiger partial charge in [0.2, 0.25) is 0 Å². The average Bonchev–Trinajstić information content (AvgIpc) is 3.13. The fourth-order valence-electron chi connectivity index (χ4n) is 2.37. The summed E-state index contributed by atoms with van der Waals surface area (Å²) in [6, 6.07) is 11.8. The molecule has 3 rings (SSSR count). The summed E-state index contributed by atoms with van der Waals surface area (Å²) >= 11 is 1.77. The second-order valence-electron chi connectivity index (χ2n) is 5.37. The molecule has 1 aliphatic rings. The number of anilines is 1. The summed E-state index contributed by atoms with van der Waals surface area (Å²) in [7, 11) is 0. The Balaban J connectivity index is 1.79. The molecule has 19 heavy (non-hydrogen) atoms.